The maximum atomic E-state index is 14.7. The second-order valence-corrected chi connectivity index (χ2v) is 9.01. The minimum absolute atomic E-state index is 0.0618. The van der Waals surface area contributed by atoms with Crippen LogP contribution in [0.4, 0.5) is 4.39 Å². The van der Waals surface area contributed by atoms with Crippen LogP contribution in [0.3, 0.4) is 0 Å². The molecule has 0 spiro atoms. The topological polar surface area (TPSA) is 82.2 Å². The van der Waals surface area contributed by atoms with Crippen LogP contribution in [0.2, 0.25) is 0 Å². The maximum Gasteiger partial charge on any atom is 0.272 e. The van der Waals surface area contributed by atoms with Crippen LogP contribution in [-0.4, -0.2) is 57.1 Å². The number of hydrogen-bond donors (Lipinski definition) is 1. The fraction of sp³-hybridized carbons (Fsp3) is 0.259. The number of hydrogen-bond acceptors (Lipinski definition) is 5. The molecule has 2 aromatic carbocycles. The average molecular weight is 472 g/mol. The molecule has 4 aromatic rings. The van der Waals surface area contributed by atoms with Crippen LogP contribution in [0.5, 0.6) is 0 Å². The zero-order valence-corrected chi connectivity index (χ0v) is 19.4. The van der Waals surface area contributed by atoms with Crippen LogP contribution in [-0.2, 0) is 13.0 Å². The number of H-pyrrole nitrogens is 1. The Morgan fingerprint density at radius 2 is 1.97 bits per heavy atom. The fourth-order valence-corrected chi connectivity index (χ4v) is 4.71. The van der Waals surface area contributed by atoms with Crippen molar-refractivity contribution >= 4 is 16.7 Å². The van der Waals surface area contributed by atoms with Crippen molar-refractivity contribution in [3.05, 3.63) is 106 Å². The van der Waals surface area contributed by atoms with E-state index in [1.807, 2.05) is 37.5 Å². The van der Waals surface area contributed by atoms with E-state index < -0.39 is 5.82 Å². The van der Waals surface area contributed by atoms with Gasteiger partial charge in [-0.15, -0.1) is 0 Å². The van der Waals surface area contributed by atoms with Gasteiger partial charge in [-0.05, 0) is 48.9 Å². The number of nitrogens with zero attached hydrogens (tertiary/aromatic N) is 4. The van der Waals surface area contributed by atoms with E-state index in [9.17, 15) is 14.0 Å². The molecule has 8 heteroatoms. The summed E-state index contributed by atoms with van der Waals surface area (Å²) in [6.45, 7) is 1.87. The molecular weight excluding hydrogens is 445 g/mol. The Hall–Kier alpha value is -3.91. The van der Waals surface area contributed by atoms with Crippen molar-refractivity contribution in [2.24, 2.45) is 0 Å². The number of rotatable bonds is 6. The predicted octanol–water partition coefficient (Wildman–Crippen LogP) is 3.39. The van der Waals surface area contributed by atoms with Crippen molar-refractivity contribution in [1.29, 1.82) is 0 Å². The Labute approximate surface area is 202 Å². The molecule has 2 aromatic heterocycles. The van der Waals surface area contributed by atoms with Gasteiger partial charge in [0, 0.05) is 49.9 Å². The number of amides is 1. The highest BCUT2D eigenvalue weighted by Crippen LogP contribution is 2.22. The quantitative estimate of drug-likeness (QED) is 0.466. The molecule has 1 saturated heterocycles. The largest absolute Gasteiger partial charge is 0.337 e. The first-order valence-electron chi connectivity index (χ1n) is 11.6. The summed E-state index contributed by atoms with van der Waals surface area (Å²) in [5.74, 6) is -0.842. The van der Waals surface area contributed by atoms with Gasteiger partial charge in [-0.2, -0.15) is 5.10 Å². The van der Waals surface area contributed by atoms with Gasteiger partial charge in [0.2, 0.25) is 0 Å². The highest BCUT2D eigenvalue weighted by atomic mass is 19.1. The molecule has 35 heavy (non-hydrogen) atoms. The number of aromatic nitrogens is 3. The number of likely N-dealkylation sites (tertiary alicyclic amines) is 1. The Balaban J connectivity index is 1.32. The van der Waals surface area contributed by atoms with Gasteiger partial charge in [0.25, 0.3) is 11.5 Å². The third kappa shape index (κ3) is 4.83. The monoisotopic (exact) mass is 471 g/mol. The van der Waals surface area contributed by atoms with E-state index >= 15 is 0 Å². The van der Waals surface area contributed by atoms with Gasteiger partial charge in [-0.1, -0.05) is 30.3 Å². The van der Waals surface area contributed by atoms with Crippen LogP contribution >= 0.6 is 0 Å². The Bertz CT molecular complexity index is 1420. The molecule has 1 amide bonds. The van der Waals surface area contributed by atoms with Crippen LogP contribution < -0.4 is 5.56 Å². The van der Waals surface area contributed by atoms with E-state index in [0.29, 0.717) is 30.6 Å². The third-order valence-electron chi connectivity index (χ3n) is 6.64. The van der Waals surface area contributed by atoms with Crippen LogP contribution in [0.1, 0.15) is 33.6 Å². The lowest BCUT2D eigenvalue weighted by atomic mass is 10.0. The molecule has 0 radical (unpaired) electrons. The Morgan fingerprint density at radius 1 is 1.14 bits per heavy atom. The summed E-state index contributed by atoms with van der Waals surface area (Å²) in [4.78, 5) is 33.4. The number of likely N-dealkylation sites (N-methyl/N-ethyl adjacent to an activating group) is 1. The zero-order chi connectivity index (χ0) is 24.4. The first-order valence-corrected chi connectivity index (χ1v) is 11.6. The summed E-state index contributed by atoms with van der Waals surface area (Å²) in [7, 11) is 2.04. The number of pyridine rings is 1. The molecule has 1 atom stereocenters. The Morgan fingerprint density at radius 3 is 2.77 bits per heavy atom. The summed E-state index contributed by atoms with van der Waals surface area (Å²) in [5.41, 5.74) is 2.34. The lowest BCUT2D eigenvalue weighted by Gasteiger charge is -2.24. The molecule has 1 aliphatic heterocycles. The van der Waals surface area contributed by atoms with Crippen LogP contribution in [0, 0.1) is 5.82 Å². The number of aromatic amines is 1. The normalized spacial score (nSPS) is 15.7. The number of carbonyl (C=O) groups is 1. The van der Waals surface area contributed by atoms with Crippen molar-refractivity contribution in [2.75, 3.05) is 20.1 Å². The second-order valence-electron chi connectivity index (χ2n) is 9.01. The van der Waals surface area contributed by atoms with Gasteiger partial charge < -0.3 is 4.90 Å². The van der Waals surface area contributed by atoms with Gasteiger partial charge in [0.15, 0.2) is 0 Å². The van der Waals surface area contributed by atoms with Crippen molar-refractivity contribution in [1.82, 2.24) is 25.0 Å². The SMILES string of the molecule is CN(Cc1cccnc1)C1CCN(C(=O)c2cc(Cc3n[nH]c(=O)c4ccccc34)ccc2F)C1. The molecule has 5 rings (SSSR count). The smallest absolute Gasteiger partial charge is 0.272 e. The van der Waals surface area contributed by atoms with E-state index in [1.165, 1.54) is 6.07 Å². The summed E-state index contributed by atoms with van der Waals surface area (Å²) >= 11 is 0. The number of fused-ring (bicyclic) bond motifs is 1. The summed E-state index contributed by atoms with van der Waals surface area (Å²) in [6, 6.07) is 16.0. The van der Waals surface area contributed by atoms with Gasteiger partial charge in [-0.25, -0.2) is 9.49 Å². The first-order chi connectivity index (χ1) is 17.0. The molecule has 1 aliphatic rings. The van der Waals surface area contributed by atoms with Gasteiger partial charge in [-0.3, -0.25) is 19.5 Å². The molecular formula is C27H26FN5O2. The number of carbonyl (C=O) groups excluding carboxylic acids is 1. The van der Waals surface area contributed by atoms with E-state index in [4.69, 9.17) is 0 Å². The predicted molar refractivity (Wildman–Crippen MR) is 132 cm³/mol. The lowest BCUT2D eigenvalue weighted by molar-refractivity contribution is 0.0775. The van der Waals surface area contributed by atoms with Gasteiger partial charge >= 0.3 is 0 Å². The summed E-state index contributed by atoms with van der Waals surface area (Å²) in [6.07, 6.45) is 4.79. The van der Waals surface area contributed by atoms with E-state index in [2.05, 4.69) is 20.1 Å². The highest BCUT2D eigenvalue weighted by molar-refractivity contribution is 5.95. The number of benzene rings is 2. The molecule has 1 fully saturated rings. The van der Waals surface area contributed by atoms with E-state index in [-0.39, 0.29) is 23.1 Å². The summed E-state index contributed by atoms with van der Waals surface area (Å²) in [5, 5.41) is 8.02. The minimum Gasteiger partial charge on any atom is -0.337 e. The molecule has 1 N–H and O–H groups in total. The highest BCUT2D eigenvalue weighted by Gasteiger charge is 2.30. The number of halogens is 1. The molecule has 1 unspecified atom stereocenters. The molecule has 178 valence electrons. The fourth-order valence-electron chi connectivity index (χ4n) is 4.71. The molecule has 0 saturated carbocycles. The first kappa shape index (κ1) is 22.9. The summed E-state index contributed by atoms with van der Waals surface area (Å²) < 4.78 is 14.7. The van der Waals surface area contributed by atoms with E-state index in [1.54, 1.807) is 35.4 Å². The second kappa shape index (κ2) is 9.76. The Kier molecular flexibility index (Phi) is 6.37. The minimum atomic E-state index is -0.537. The van der Waals surface area contributed by atoms with E-state index in [0.717, 1.165) is 29.5 Å². The third-order valence-corrected chi connectivity index (χ3v) is 6.64. The van der Waals surface area contributed by atoms with Crippen molar-refractivity contribution in [3.8, 4) is 0 Å². The molecule has 0 bridgehead atoms. The van der Waals surface area contributed by atoms with Crippen molar-refractivity contribution < 1.29 is 9.18 Å². The molecule has 3 heterocycles. The average Bonchev–Trinajstić information content (AvgIpc) is 3.38. The van der Waals surface area contributed by atoms with Gasteiger partial charge in [0.05, 0.1) is 16.6 Å². The zero-order valence-electron chi connectivity index (χ0n) is 19.4. The van der Waals surface area contributed by atoms with Gasteiger partial charge in [0.1, 0.15) is 5.82 Å². The van der Waals surface area contributed by atoms with Crippen molar-refractivity contribution in [3.63, 3.8) is 0 Å². The van der Waals surface area contributed by atoms with Crippen molar-refractivity contribution in [2.45, 2.75) is 25.4 Å². The molecule has 0 aliphatic carbocycles. The number of nitrogens with one attached hydrogen (secondary N) is 1. The van der Waals surface area contributed by atoms with Crippen LogP contribution in [0.15, 0.2) is 71.8 Å². The molecule has 7 nitrogen and oxygen atoms in total. The maximum absolute atomic E-state index is 14.7. The lowest BCUT2D eigenvalue weighted by Crippen LogP contribution is -2.36. The standard InChI is InChI=1S/C27H26FN5O2/c1-32(16-19-5-4-11-29-15-19)20-10-12-33(17-20)27(35)23-13-18(8-9-24(23)28)14-25-21-6-2-3-7-22(21)26(34)31-30-25/h2-9,11,13,15,20H,10,12,14,16-17H2,1H3,(H,31,34). The van der Waals surface area contributed by atoms with Crippen LogP contribution in [0.25, 0.3) is 10.8 Å².